The number of benzene rings is 1. The molecule has 0 spiro atoms. The van der Waals surface area contributed by atoms with E-state index in [0.717, 1.165) is 67.5 Å². The first-order chi connectivity index (χ1) is 16.4. The second kappa shape index (κ2) is 10.9. The van der Waals surface area contributed by atoms with Crippen molar-refractivity contribution in [2.24, 2.45) is 13.0 Å². The van der Waals surface area contributed by atoms with E-state index in [4.69, 9.17) is 9.47 Å². The number of carbonyl (C=O) groups excluding carboxylic acids is 1. The number of carbonyl (C=O) groups is 2. The molecule has 1 amide bonds. The number of carboxylic acids is 1. The van der Waals surface area contributed by atoms with E-state index in [1.807, 2.05) is 38.4 Å². The number of hydrogen-bond acceptors (Lipinski definition) is 5. The van der Waals surface area contributed by atoms with Crippen molar-refractivity contribution in [2.75, 3.05) is 7.05 Å². The smallest absolute Gasteiger partial charge is 0.410 e. The van der Waals surface area contributed by atoms with Crippen molar-refractivity contribution >= 4 is 12.1 Å². The number of hydrogen-bond donors (Lipinski definition) is 1. The Bertz CT molecular complexity index is 981. The molecule has 0 aliphatic heterocycles. The van der Waals surface area contributed by atoms with Crippen molar-refractivity contribution in [3.63, 3.8) is 0 Å². The van der Waals surface area contributed by atoms with Crippen molar-refractivity contribution in [3.8, 4) is 16.9 Å². The average molecular weight is 470 g/mol. The Morgan fingerprint density at radius 2 is 1.82 bits per heavy atom. The van der Waals surface area contributed by atoms with E-state index in [0.29, 0.717) is 6.42 Å². The molecule has 8 nitrogen and oxygen atoms in total. The van der Waals surface area contributed by atoms with Gasteiger partial charge in [-0.2, -0.15) is 5.10 Å². The minimum absolute atomic E-state index is 0.0739. The molecular weight excluding hydrogens is 434 g/mol. The number of carboxylic acid groups (broad SMARTS) is 1. The van der Waals surface area contributed by atoms with Gasteiger partial charge in [-0.1, -0.05) is 31.4 Å². The van der Waals surface area contributed by atoms with Gasteiger partial charge in [0.2, 0.25) is 0 Å². The van der Waals surface area contributed by atoms with Crippen molar-refractivity contribution in [2.45, 2.75) is 76.5 Å². The molecule has 1 aromatic heterocycles. The summed E-state index contributed by atoms with van der Waals surface area (Å²) in [5.41, 5.74) is 2.70. The summed E-state index contributed by atoms with van der Waals surface area (Å²) < 4.78 is 13.5. The van der Waals surface area contributed by atoms with Crippen LogP contribution in [0.2, 0.25) is 0 Å². The Hall–Kier alpha value is -3.03. The third-order valence-electron chi connectivity index (χ3n) is 7.25. The van der Waals surface area contributed by atoms with E-state index in [9.17, 15) is 14.7 Å². The molecule has 0 saturated heterocycles. The van der Waals surface area contributed by atoms with Gasteiger partial charge in [0.05, 0.1) is 23.9 Å². The highest BCUT2D eigenvalue weighted by Crippen LogP contribution is 2.30. The van der Waals surface area contributed by atoms with E-state index in [1.165, 1.54) is 6.42 Å². The van der Waals surface area contributed by atoms with Crippen LogP contribution in [0.5, 0.6) is 5.75 Å². The summed E-state index contributed by atoms with van der Waals surface area (Å²) in [5, 5.41) is 13.7. The van der Waals surface area contributed by atoms with Gasteiger partial charge in [0, 0.05) is 25.7 Å². The molecule has 0 radical (unpaired) electrons. The molecule has 1 aromatic carbocycles. The largest absolute Gasteiger partial charge is 0.490 e. The van der Waals surface area contributed by atoms with Gasteiger partial charge in [-0.05, 0) is 56.2 Å². The van der Waals surface area contributed by atoms with E-state index in [1.54, 1.807) is 15.8 Å². The van der Waals surface area contributed by atoms with Crippen LogP contribution in [0.3, 0.4) is 0 Å². The van der Waals surface area contributed by atoms with Gasteiger partial charge in [-0.15, -0.1) is 0 Å². The third-order valence-corrected chi connectivity index (χ3v) is 7.25. The molecule has 1 heterocycles. The molecule has 2 atom stereocenters. The highest BCUT2D eigenvalue weighted by atomic mass is 16.6. The molecular formula is C26H35N3O5. The number of ether oxygens (including phenoxy) is 2. The molecule has 2 saturated carbocycles. The van der Waals surface area contributed by atoms with Crippen LogP contribution in [0, 0.1) is 5.92 Å². The monoisotopic (exact) mass is 469 g/mol. The minimum atomic E-state index is -0.738. The number of aliphatic carboxylic acids is 1. The average Bonchev–Trinajstić information content (AvgIpc) is 3.23. The van der Waals surface area contributed by atoms with Gasteiger partial charge in [-0.25, -0.2) is 4.79 Å². The fourth-order valence-corrected chi connectivity index (χ4v) is 5.11. The second-order valence-electron chi connectivity index (χ2n) is 9.55. The molecule has 184 valence electrons. The van der Waals surface area contributed by atoms with Crippen molar-refractivity contribution in [1.29, 1.82) is 0 Å². The predicted octanol–water partition coefficient (Wildman–Crippen LogP) is 5.01. The highest BCUT2D eigenvalue weighted by molar-refractivity contribution is 5.70. The first kappa shape index (κ1) is 24.1. The molecule has 34 heavy (non-hydrogen) atoms. The van der Waals surface area contributed by atoms with Crippen molar-refractivity contribution < 1.29 is 24.2 Å². The normalized spacial score (nSPS) is 21.1. The third kappa shape index (κ3) is 5.72. The summed E-state index contributed by atoms with van der Waals surface area (Å²) in [4.78, 5) is 25.7. The van der Waals surface area contributed by atoms with Crippen LogP contribution in [0.4, 0.5) is 4.79 Å². The number of aromatic nitrogens is 2. The number of aryl methyl sites for hydroxylation is 1. The molecule has 2 aliphatic rings. The standard InChI is InChI=1S/C26H35N3O5/c1-28(20-8-4-3-5-9-20)26(32)33-17-24-23(16-27-29(24)2)18-11-13-21(14-12-18)34-22-10-6-7-19(15-22)25(30)31/h11-14,16,19-20,22H,3-10,15,17H2,1-2H3,(H,30,31)/t19-,22-/m0/s1. The Morgan fingerprint density at radius 1 is 1.09 bits per heavy atom. The minimum Gasteiger partial charge on any atom is -0.490 e. The van der Waals surface area contributed by atoms with Gasteiger partial charge in [0.15, 0.2) is 0 Å². The number of rotatable bonds is 7. The second-order valence-corrected chi connectivity index (χ2v) is 9.55. The van der Waals surface area contributed by atoms with Gasteiger partial charge in [-0.3, -0.25) is 9.48 Å². The lowest BCUT2D eigenvalue weighted by Crippen LogP contribution is -2.38. The Kier molecular flexibility index (Phi) is 7.75. The number of amides is 1. The molecule has 4 rings (SSSR count). The maximum absolute atomic E-state index is 12.6. The van der Waals surface area contributed by atoms with Gasteiger partial charge in [0.1, 0.15) is 12.4 Å². The van der Waals surface area contributed by atoms with Crippen molar-refractivity contribution in [3.05, 3.63) is 36.2 Å². The van der Waals surface area contributed by atoms with E-state index < -0.39 is 5.97 Å². The summed E-state index contributed by atoms with van der Waals surface area (Å²) in [7, 11) is 3.67. The summed E-state index contributed by atoms with van der Waals surface area (Å²) in [5.74, 6) is -0.333. The molecule has 8 heteroatoms. The first-order valence-corrected chi connectivity index (χ1v) is 12.3. The van der Waals surface area contributed by atoms with Crippen LogP contribution in [0.25, 0.3) is 11.1 Å². The van der Waals surface area contributed by atoms with Gasteiger partial charge < -0.3 is 19.5 Å². The van der Waals surface area contributed by atoms with Gasteiger partial charge >= 0.3 is 12.1 Å². The van der Waals surface area contributed by atoms with Crippen LogP contribution in [0.15, 0.2) is 30.5 Å². The lowest BCUT2D eigenvalue weighted by molar-refractivity contribution is -0.143. The summed E-state index contributed by atoms with van der Waals surface area (Å²) in [6.07, 6.45) is 10.1. The molecule has 1 N–H and O–H groups in total. The molecule has 2 aliphatic carbocycles. The first-order valence-electron chi connectivity index (χ1n) is 12.3. The van der Waals surface area contributed by atoms with E-state index in [-0.39, 0.29) is 30.8 Å². The maximum Gasteiger partial charge on any atom is 0.410 e. The number of nitrogens with zero attached hydrogens (tertiary/aromatic N) is 3. The lowest BCUT2D eigenvalue weighted by Gasteiger charge is -2.30. The highest BCUT2D eigenvalue weighted by Gasteiger charge is 2.28. The van der Waals surface area contributed by atoms with Crippen LogP contribution in [0.1, 0.15) is 63.5 Å². The van der Waals surface area contributed by atoms with Crippen LogP contribution < -0.4 is 4.74 Å². The lowest BCUT2D eigenvalue weighted by atomic mass is 9.87. The summed E-state index contributed by atoms with van der Waals surface area (Å²) in [6, 6.07) is 7.99. The van der Waals surface area contributed by atoms with Crippen molar-refractivity contribution in [1.82, 2.24) is 14.7 Å². The van der Waals surface area contributed by atoms with E-state index >= 15 is 0 Å². The van der Waals surface area contributed by atoms with Gasteiger partial charge in [0.25, 0.3) is 0 Å². The molecule has 0 unspecified atom stereocenters. The zero-order valence-corrected chi connectivity index (χ0v) is 20.1. The zero-order chi connectivity index (χ0) is 24.1. The fourth-order valence-electron chi connectivity index (χ4n) is 5.11. The fraction of sp³-hybridized carbons (Fsp3) is 0.577. The van der Waals surface area contributed by atoms with Crippen LogP contribution in [-0.4, -0.2) is 51.0 Å². The quantitative estimate of drug-likeness (QED) is 0.613. The summed E-state index contributed by atoms with van der Waals surface area (Å²) >= 11 is 0. The zero-order valence-electron chi connectivity index (χ0n) is 20.1. The van der Waals surface area contributed by atoms with E-state index in [2.05, 4.69) is 5.10 Å². The van der Waals surface area contributed by atoms with Crippen LogP contribution in [-0.2, 0) is 23.2 Å². The molecule has 2 fully saturated rings. The Balaban J connectivity index is 1.37. The maximum atomic E-state index is 12.6. The predicted molar refractivity (Wildman–Crippen MR) is 127 cm³/mol. The SMILES string of the molecule is CN(C(=O)OCc1c(-c2ccc(O[C@H]3CCC[C@H](C(=O)O)C3)cc2)cnn1C)C1CCCCC1. The topological polar surface area (TPSA) is 93.9 Å². The van der Waals surface area contributed by atoms with Crippen LogP contribution >= 0.6 is 0 Å². The Morgan fingerprint density at radius 3 is 2.53 bits per heavy atom. The summed E-state index contributed by atoms with van der Waals surface area (Å²) in [6.45, 7) is 0.151. The molecule has 2 aromatic rings. The molecule has 0 bridgehead atoms. The Labute approximate surface area is 200 Å².